The van der Waals surface area contributed by atoms with Gasteiger partial charge in [0.05, 0.1) is 6.10 Å². The topological polar surface area (TPSA) is 29.5 Å². The summed E-state index contributed by atoms with van der Waals surface area (Å²) in [5.41, 5.74) is 2.54. The molecule has 0 bridgehead atoms. The van der Waals surface area contributed by atoms with E-state index in [9.17, 15) is 5.11 Å². The number of aliphatic hydroxyl groups is 1. The smallest absolute Gasteiger partial charge is 0.0610 e. The van der Waals surface area contributed by atoms with Crippen molar-refractivity contribution >= 4 is 0 Å². The van der Waals surface area contributed by atoms with Crippen LogP contribution in [-0.2, 0) is 11.2 Å². The Morgan fingerprint density at radius 3 is 2.69 bits per heavy atom. The first-order valence-electron chi connectivity index (χ1n) is 6.07. The molecular formula is C14H20O2. The maximum atomic E-state index is 10.2. The van der Waals surface area contributed by atoms with E-state index in [-0.39, 0.29) is 6.10 Å². The second kappa shape index (κ2) is 5.46. The highest BCUT2D eigenvalue weighted by Crippen LogP contribution is 2.22. The Morgan fingerprint density at radius 2 is 2.00 bits per heavy atom. The van der Waals surface area contributed by atoms with Crippen LogP contribution in [0.2, 0.25) is 0 Å². The molecule has 2 heteroatoms. The van der Waals surface area contributed by atoms with Crippen LogP contribution >= 0.6 is 0 Å². The molecule has 1 aromatic rings. The third-order valence-corrected chi connectivity index (χ3v) is 3.50. The molecule has 1 aromatic carbocycles. The van der Waals surface area contributed by atoms with Gasteiger partial charge in [-0.15, -0.1) is 0 Å². The van der Waals surface area contributed by atoms with E-state index in [2.05, 4.69) is 19.1 Å². The lowest BCUT2D eigenvalue weighted by Gasteiger charge is -2.27. The highest BCUT2D eigenvalue weighted by atomic mass is 16.5. The van der Waals surface area contributed by atoms with Crippen LogP contribution in [0.25, 0.3) is 0 Å². The van der Waals surface area contributed by atoms with E-state index < -0.39 is 0 Å². The summed E-state index contributed by atoms with van der Waals surface area (Å²) >= 11 is 0. The molecule has 2 rings (SSSR count). The number of benzene rings is 1. The lowest BCUT2D eigenvalue weighted by Crippen LogP contribution is -2.29. The predicted molar refractivity (Wildman–Crippen MR) is 64.4 cm³/mol. The van der Waals surface area contributed by atoms with Crippen LogP contribution in [0, 0.1) is 12.8 Å². The van der Waals surface area contributed by atoms with E-state index in [1.54, 1.807) is 0 Å². The summed E-state index contributed by atoms with van der Waals surface area (Å²) in [5.74, 6) is 0.411. The van der Waals surface area contributed by atoms with Crippen LogP contribution in [0.5, 0.6) is 0 Å². The summed E-state index contributed by atoms with van der Waals surface area (Å²) in [4.78, 5) is 0. The molecule has 1 heterocycles. The minimum atomic E-state index is -0.218. The quantitative estimate of drug-likeness (QED) is 0.847. The van der Waals surface area contributed by atoms with Crippen LogP contribution in [0.4, 0.5) is 0 Å². The van der Waals surface area contributed by atoms with Crippen LogP contribution in [0.15, 0.2) is 24.3 Å². The van der Waals surface area contributed by atoms with Gasteiger partial charge in [0, 0.05) is 13.2 Å². The second-order valence-electron chi connectivity index (χ2n) is 4.65. The van der Waals surface area contributed by atoms with Crippen molar-refractivity contribution in [1.29, 1.82) is 0 Å². The van der Waals surface area contributed by atoms with Gasteiger partial charge in [-0.2, -0.15) is 0 Å². The number of ether oxygens (including phenoxy) is 1. The van der Waals surface area contributed by atoms with Crippen LogP contribution in [-0.4, -0.2) is 24.4 Å². The van der Waals surface area contributed by atoms with E-state index in [1.165, 1.54) is 11.1 Å². The monoisotopic (exact) mass is 220 g/mol. The van der Waals surface area contributed by atoms with Gasteiger partial charge in [-0.05, 0) is 43.2 Å². The number of aryl methyl sites for hydroxylation is 1. The average molecular weight is 220 g/mol. The first-order valence-corrected chi connectivity index (χ1v) is 6.07. The fourth-order valence-electron chi connectivity index (χ4n) is 2.33. The number of hydrogen-bond donors (Lipinski definition) is 1. The zero-order valence-electron chi connectivity index (χ0n) is 9.86. The van der Waals surface area contributed by atoms with Gasteiger partial charge in [0.25, 0.3) is 0 Å². The van der Waals surface area contributed by atoms with Gasteiger partial charge in [-0.3, -0.25) is 0 Å². The molecule has 0 aliphatic carbocycles. The van der Waals surface area contributed by atoms with E-state index in [0.29, 0.717) is 5.92 Å². The molecule has 16 heavy (non-hydrogen) atoms. The SMILES string of the molecule is Cc1ccccc1CC(O)C1CCOCC1. The Hall–Kier alpha value is -0.860. The van der Waals surface area contributed by atoms with Crippen LogP contribution in [0.1, 0.15) is 24.0 Å². The van der Waals surface area contributed by atoms with Crippen molar-refractivity contribution in [1.82, 2.24) is 0 Å². The van der Waals surface area contributed by atoms with Gasteiger partial charge in [-0.25, -0.2) is 0 Å². The Balaban J connectivity index is 1.96. The molecule has 1 unspecified atom stereocenters. The van der Waals surface area contributed by atoms with Crippen molar-refractivity contribution in [3.05, 3.63) is 35.4 Å². The second-order valence-corrected chi connectivity index (χ2v) is 4.65. The van der Waals surface area contributed by atoms with Crippen molar-refractivity contribution in [2.24, 2.45) is 5.92 Å². The maximum Gasteiger partial charge on any atom is 0.0610 e. The molecule has 1 saturated heterocycles. The highest BCUT2D eigenvalue weighted by Gasteiger charge is 2.22. The van der Waals surface area contributed by atoms with Crippen LogP contribution in [0.3, 0.4) is 0 Å². The van der Waals surface area contributed by atoms with Crippen molar-refractivity contribution in [3.8, 4) is 0 Å². The third kappa shape index (κ3) is 2.83. The molecule has 1 N–H and O–H groups in total. The Labute approximate surface area is 97.3 Å². The normalized spacial score (nSPS) is 19.6. The Morgan fingerprint density at radius 1 is 1.31 bits per heavy atom. The lowest BCUT2D eigenvalue weighted by atomic mass is 9.89. The maximum absolute atomic E-state index is 10.2. The molecule has 0 aromatic heterocycles. The molecule has 1 aliphatic rings. The highest BCUT2D eigenvalue weighted by molar-refractivity contribution is 5.26. The van der Waals surface area contributed by atoms with Gasteiger partial charge >= 0.3 is 0 Å². The average Bonchev–Trinajstić information content (AvgIpc) is 2.33. The first-order chi connectivity index (χ1) is 7.77. The summed E-state index contributed by atoms with van der Waals surface area (Å²) in [5, 5.41) is 10.2. The number of aliphatic hydroxyl groups excluding tert-OH is 1. The number of rotatable bonds is 3. The van der Waals surface area contributed by atoms with Crippen molar-refractivity contribution in [3.63, 3.8) is 0 Å². The standard InChI is InChI=1S/C14H20O2/c1-11-4-2-3-5-13(11)10-14(15)12-6-8-16-9-7-12/h2-5,12,14-15H,6-10H2,1H3. The minimum absolute atomic E-state index is 0.218. The van der Waals surface area contributed by atoms with Crippen molar-refractivity contribution < 1.29 is 9.84 Å². The van der Waals surface area contributed by atoms with E-state index in [1.807, 2.05) is 12.1 Å². The molecule has 0 spiro atoms. The largest absolute Gasteiger partial charge is 0.392 e. The molecule has 88 valence electrons. The lowest BCUT2D eigenvalue weighted by molar-refractivity contribution is 0.00835. The summed E-state index contributed by atoms with van der Waals surface area (Å²) in [7, 11) is 0. The molecule has 1 fully saturated rings. The molecular weight excluding hydrogens is 200 g/mol. The zero-order chi connectivity index (χ0) is 11.4. The number of hydrogen-bond acceptors (Lipinski definition) is 2. The third-order valence-electron chi connectivity index (χ3n) is 3.50. The summed E-state index contributed by atoms with van der Waals surface area (Å²) in [6, 6.07) is 8.29. The molecule has 0 amide bonds. The molecule has 1 aliphatic heterocycles. The van der Waals surface area contributed by atoms with Gasteiger partial charge in [0.1, 0.15) is 0 Å². The van der Waals surface area contributed by atoms with Gasteiger partial charge < -0.3 is 9.84 Å². The first kappa shape index (κ1) is 11.6. The Bertz CT molecular complexity index is 329. The van der Waals surface area contributed by atoms with E-state index in [4.69, 9.17) is 4.74 Å². The van der Waals surface area contributed by atoms with Gasteiger partial charge in [-0.1, -0.05) is 24.3 Å². The molecule has 0 saturated carbocycles. The van der Waals surface area contributed by atoms with Crippen molar-refractivity contribution in [2.75, 3.05) is 13.2 Å². The molecule has 2 nitrogen and oxygen atoms in total. The summed E-state index contributed by atoms with van der Waals surface area (Å²) < 4.78 is 5.31. The summed E-state index contributed by atoms with van der Waals surface area (Å²) in [6.07, 6.45) is 2.54. The summed E-state index contributed by atoms with van der Waals surface area (Å²) in [6.45, 7) is 3.71. The van der Waals surface area contributed by atoms with Gasteiger partial charge in [0.15, 0.2) is 0 Å². The fraction of sp³-hybridized carbons (Fsp3) is 0.571. The zero-order valence-corrected chi connectivity index (χ0v) is 9.86. The van der Waals surface area contributed by atoms with Crippen LogP contribution < -0.4 is 0 Å². The van der Waals surface area contributed by atoms with E-state index in [0.717, 1.165) is 32.5 Å². The minimum Gasteiger partial charge on any atom is -0.392 e. The Kier molecular flexibility index (Phi) is 3.97. The van der Waals surface area contributed by atoms with Gasteiger partial charge in [0.2, 0.25) is 0 Å². The fourth-order valence-corrected chi connectivity index (χ4v) is 2.33. The van der Waals surface area contributed by atoms with Crippen molar-refractivity contribution in [2.45, 2.75) is 32.3 Å². The predicted octanol–water partition coefficient (Wildman–Crippen LogP) is 2.33. The van der Waals surface area contributed by atoms with E-state index >= 15 is 0 Å². The molecule has 1 atom stereocenters. The molecule has 0 radical (unpaired) electrons.